The zero-order chi connectivity index (χ0) is 18.3. The predicted molar refractivity (Wildman–Crippen MR) is 93.6 cm³/mol. The first-order chi connectivity index (χ1) is 12.0. The Morgan fingerprint density at radius 1 is 1.16 bits per heavy atom. The maximum atomic E-state index is 12.4. The fourth-order valence-electron chi connectivity index (χ4n) is 2.93. The summed E-state index contributed by atoms with van der Waals surface area (Å²) in [5.74, 6) is -0.791. The molecule has 0 aliphatic heterocycles. The van der Waals surface area contributed by atoms with Gasteiger partial charge < -0.3 is 14.6 Å². The first-order valence-electron chi connectivity index (χ1n) is 8.86. The van der Waals surface area contributed by atoms with Crippen LogP contribution in [0.3, 0.4) is 0 Å². The second-order valence-corrected chi connectivity index (χ2v) is 6.21. The van der Waals surface area contributed by atoms with Crippen molar-refractivity contribution in [1.29, 1.82) is 0 Å². The summed E-state index contributed by atoms with van der Waals surface area (Å²) in [6.45, 7) is 4.31. The Labute approximate surface area is 148 Å². The summed E-state index contributed by atoms with van der Waals surface area (Å²) < 4.78 is 10.7. The van der Waals surface area contributed by atoms with Crippen LogP contribution in [0.4, 0.5) is 0 Å². The second-order valence-electron chi connectivity index (χ2n) is 6.21. The van der Waals surface area contributed by atoms with Gasteiger partial charge in [0.05, 0.1) is 13.0 Å². The lowest BCUT2D eigenvalue weighted by Crippen LogP contribution is -2.53. The number of carbonyl (C=O) groups is 2. The van der Waals surface area contributed by atoms with Crippen molar-refractivity contribution in [1.82, 2.24) is 0 Å². The molecule has 1 aromatic carbocycles. The number of aliphatic hydroxyl groups is 1. The second kappa shape index (κ2) is 8.81. The molecule has 136 valence electrons. The fourth-order valence-corrected chi connectivity index (χ4v) is 2.93. The van der Waals surface area contributed by atoms with Crippen LogP contribution in [0.25, 0.3) is 0 Å². The molecule has 1 aliphatic carbocycles. The van der Waals surface area contributed by atoms with E-state index in [0.29, 0.717) is 18.6 Å². The maximum absolute atomic E-state index is 12.4. The molecule has 0 radical (unpaired) electrons. The number of hydrogen-bond acceptors (Lipinski definition) is 5. The molecule has 5 heteroatoms. The molecule has 1 aliphatic rings. The standard InChI is InChI=1S/C20H26O5/c1-3-5-7-12-16-18(22)20(23,19(16)24-4-2)13-17(21)25-14-15-10-8-6-9-11-15/h6,8-11,23H,3-5,7,12-14H2,1-2H3. The molecule has 1 N–H and O–H groups in total. The number of unbranched alkanes of at least 4 members (excludes halogenated alkanes) is 2. The number of rotatable bonds is 10. The van der Waals surface area contributed by atoms with Crippen molar-refractivity contribution in [3.8, 4) is 0 Å². The fraction of sp³-hybridized carbons (Fsp3) is 0.500. The van der Waals surface area contributed by atoms with Crippen LogP contribution in [0.15, 0.2) is 41.7 Å². The highest BCUT2D eigenvalue weighted by molar-refractivity contribution is 6.13. The molecule has 1 aromatic rings. The van der Waals surface area contributed by atoms with Crippen LogP contribution >= 0.6 is 0 Å². The molecule has 0 spiro atoms. The zero-order valence-corrected chi connectivity index (χ0v) is 14.9. The van der Waals surface area contributed by atoms with E-state index >= 15 is 0 Å². The van der Waals surface area contributed by atoms with Gasteiger partial charge in [0, 0.05) is 5.57 Å². The summed E-state index contributed by atoms with van der Waals surface area (Å²) in [5.41, 5.74) is -0.511. The van der Waals surface area contributed by atoms with Crippen molar-refractivity contribution < 1.29 is 24.2 Å². The molecule has 0 heterocycles. The van der Waals surface area contributed by atoms with E-state index in [-0.39, 0.29) is 12.4 Å². The summed E-state index contributed by atoms with van der Waals surface area (Å²) in [6.07, 6.45) is 3.08. The highest BCUT2D eigenvalue weighted by atomic mass is 16.5. The number of Topliss-reactive ketones (excluding diaryl/α,β-unsaturated/α-hetero) is 1. The first kappa shape index (κ1) is 19.2. The van der Waals surface area contributed by atoms with Crippen molar-refractivity contribution in [2.24, 2.45) is 0 Å². The van der Waals surface area contributed by atoms with Gasteiger partial charge in [-0.2, -0.15) is 0 Å². The van der Waals surface area contributed by atoms with Crippen molar-refractivity contribution in [3.05, 3.63) is 47.2 Å². The number of benzene rings is 1. The lowest BCUT2D eigenvalue weighted by Gasteiger charge is -2.38. The molecule has 25 heavy (non-hydrogen) atoms. The smallest absolute Gasteiger partial charge is 0.310 e. The van der Waals surface area contributed by atoms with Gasteiger partial charge in [0.25, 0.3) is 0 Å². The van der Waals surface area contributed by atoms with Gasteiger partial charge in [-0.15, -0.1) is 0 Å². The third kappa shape index (κ3) is 4.48. The number of hydrogen-bond donors (Lipinski definition) is 1. The van der Waals surface area contributed by atoms with Gasteiger partial charge in [-0.25, -0.2) is 0 Å². The Hall–Kier alpha value is -2.14. The molecule has 0 saturated heterocycles. The van der Waals surface area contributed by atoms with E-state index in [2.05, 4.69) is 6.92 Å². The van der Waals surface area contributed by atoms with Crippen LogP contribution in [-0.4, -0.2) is 29.1 Å². The molecule has 0 fully saturated rings. The van der Waals surface area contributed by atoms with Crippen LogP contribution in [0.1, 0.15) is 51.5 Å². The molecule has 0 amide bonds. The summed E-state index contributed by atoms with van der Waals surface area (Å²) in [6, 6.07) is 9.26. The molecular weight excluding hydrogens is 320 g/mol. The normalized spacial score (nSPS) is 19.6. The Morgan fingerprint density at radius 2 is 1.88 bits per heavy atom. The number of carbonyl (C=O) groups excluding carboxylic acids is 2. The topological polar surface area (TPSA) is 72.8 Å². The summed E-state index contributed by atoms with van der Waals surface area (Å²) >= 11 is 0. The van der Waals surface area contributed by atoms with E-state index < -0.39 is 23.8 Å². The Bertz CT molecular complexity index is 635. The van der Waals surface area contributed by atoms with E-state index in [1.807, 2.05) is 30.3 Å². The lowest BCUT2D eigenvalue weighted by molar-refractivity contribution is -0.158. The van der Waals surface area contributed by atoms with E-state index in [4.69, 9.17) is 9.47 Å². The third-order valence-corrected chi connectivity index (χ3v) is 4.26. The molecule has 0 aromatic heterocycles. The van der Waals surface area contributed by atoms with Gasteiger partial charge >= 0.3 is 5.97 Å². The van der Waals surface area contributed by atoms with E-state index in [9.17, 15) is 14.7 Å². The van der Waals surface area contributed by atoms with Crippen molar-refractivity contribution in [2.45, 2.75) is 58.2 Å². The van der Waals surface area contributed by atoms with Gasteiger partial charge in [-0.3, -0.25) is 9.59 Å². The largest absolute Gasteiger partial charge is 0.494 e. The lowest BCUT2D eigenvalue weighted by atomic mass is 9.73. The van der Waals surface area contributed by atoms with E-state index in [1.165, 1.54) is 0 Å². The highest BCUT2D eigenvalue weighted by Crippen LogP contribution is 2.41. The monoisotopic (exact) mass is 346 g/mol. The summed E-state index contributed by atoms with van der Waals surface area (Å²) in [7, 11) is 0. The van der Waals surface area contributed by atoms with Gasteiger partial charge in [-0.05, 0) is 25.3 Å². The van der Waals surface area contributed by atoms with E-state index in [0.717, 1.165) is 24.8 Å². The van der Waals surface area contributed by atoms with E-state index in [1.54, 1.807) is 6.92 Å². The number of ether oxygens (including phenoxy) is 2. The average molecular weight is 346 g/mol. The summed E-state index contributed by atoms with van der Waals surface area (Å²) in [4.78, 5) is 24.5. The number of esters is 1. The first-order valence-corrected chi connectivity index (χ1v) is 8.86. The van der Waals surface area contributed by atoms with Crippen molar-refractivity contribution >= 4 is 11.8 Å². The Kier molecular flexibility index (Phi) is 6.76. The van der Waals surface area contributed by atoms with Crippen LogP contribution < -0.4 is 0 Å². The summed E-state index contributed by atoms with van der Waals surface area (Å²) in [5, 5.41) is 10.6. The van der Waals surface area contributed by atoms with Gasteiger partial charge in [-0.1, -0.05) is 50.1 Å². The minimum Gasteiger partial charge on any atom is -0.494 e. The minimum atomic E-state index is -1.87. The van der Waals surface area contributed by atoms with Crippen molar-refractivity contribution in [3.63, 3.8) is 0 Å². The number of ketones is 1. The van der Waals surface area contributed by atoms with Gasteiger partial charge in [0.1, 0.15) is 12.4 Å². The van der Waals surface area contributed by atoms with Gasteiger partial charge in [0.15, 0.2) is 5.60 Å². The predicted octanol–water partition coefficient (Wildman–Crippen LogP) is 3.30. The molecule has 2 rings (SSSR count). The quantitative estimate of drug-likeness (QED) is 0.520. The van der Waals surface area contributed by atoms with Crippen LogP contribution in [-0.2, 0) is 25.7 Å². The Morgan fingerprint density at radius 3 is 2.52 bits per heavy atom. The molecule has 0 saturated carbocycles. The van der Waals surface area contributed by atoms with Gasteiger partial charge in [0.2, 0.25) is 5.78 Å². The molecule has 1 unspecified atom stereocenters. The average Bonchev–Trinajstić information content (AvgIpc) is 2.63. The third-order valence-electron chi connectivity index (χ3n) is 4.26. The van der Waals surface area contributed by atoms with Crippen LogP contribution in [0, 0.1) is 0 Å². The molecule has 0 bridgehead atoms. The molecular formula is C20H26O5. The Balaban J connectivity index is 1.98. The minimum absolute atomic E-state index is 0.112. The molecule has 5 nitrogen and oxygen atoms in total. The van der Waals surface area contributed by atoms with Crippen LogP contribution in [0.2, 0.25) is 0 Å². The maximum Gasteiger partial charge on any atom is 0.310 e. The zero-order valence-electron chi connectivity index (χ0n) is 14.9. The van der Waals surface area contributed by atoms with Crippen LogP contribution in [0.5, 0.6) is 0 Å². The highest BCUT2D eigenvalue weighted by Gasteiger charge is 2.55. The van der Waals surface area contributed by atoms with Crippen molar-refractivity contribution in [2.75, 3.05) is 6.61 Å². The SMILES string of the molecule is CCCCCC1=C(OCC)C(O)(CC(=O)OCc2ccccc2)C1=O. The molecule has 1 atom stereocenters.